The van der Waals surface area contributed by atoms with E-state index in [-0.39, 0.29) is 5.69 Å². The van der Waals surface area contributed by atoms with Crippen LogP contribution in [0.15, 0.2) is 22.7 Å². The van der Waals surface area contributed by atoms with Crippen molar-refractivity contribution in [1.82, 2.24) is 9.62 Å². The number of nitrogens with zero attached hydrogens (tertiary/aromatic N) is 1. The lowest BCUT2D eigenvalue weighted by molar-refractivity contribution is 0.458. The summed E-state index contributed by atoms with van der Waals surface area (Å²) in [7, 11) is -2.16. The molecule has 0 fully saturated rings. The van der Waals surface area contributed by atoms with Crippen LogP contribution < -0.4 is 10.0 Å². The van der Waals surface area contributed by atoms with Crippen LogP contribution in [0.4, 0.5) is 10.1 Å². The second kappa shape index (κ2) is 8.67. The molecule has 0 unspecified atom stereocenters. The molecule has 0 saturated carbocycles. The van der Waals surface area contributed by atoms with E-state index in [0.29, 0.717) is 17.4 Å². The molecule has 21 heavy (non-hydrogen) atoms. The maximum absolute atomic E-state index is 13.4. The fraction of sp³-hybridized carbons (Fsp3) is 0.538. The van der Waals surface area contributed by atoms with Gasteiger partial charge in [-0.25, -0.2) is 4.39 Å². The highest BCUT2D eigenvalue weighted by Gasteiger charge is 2.17. The molecule has 0 aliphatic carbocycles. The largest absolute Gasteiger partial charge is 0.317 e. The Morgan fingerprint density at radius 2 is 2.05 bits per heavy atom. The minimum atomic E-state index is -3.66. The van der Waals surface area contributed by atoms with Crippen LogP contribution in [-0.2, 0) is 10.2 Å². The highest BCUT2D eigenvalue weighted by atomic mass is 79.9. The summed E-state index contributed by atoms with van der Waals surface area (Å²) in [5.74, 6) is -0.512. The molecular formula is C13H21BrFN3O2S. The summed E-state index contributed by atoms with van der Waals surface area (Å²) in [5.41, 5.74) is 0.201. The maximum atomic E-state index is 13.4. The third-order valence-electron chi connectivity index (χ3n) is 2.83. The van der Waals surface area contributed by atoms with Gasteiger partial charge < -0.3 is 5.32 Å². The Hall–Kier alpha value is -0.700. The van der Waals surface area contributed by atoms with Gasteiger partial charge >= 0.3 is 10.2 Å². The van der Waals surface area contributed by atoms with Gasteiger partial charge in [-0.15, -0.1) is 0 Å². The third-order valence-corrected chi connectivity index (χ3v) is 4.97. The first-order valence-electron chi connectivity index (χ1n) is 6.76. The van der Waals surface area contributed by atoms with Crippen molar-refractivity contribution in [2.45, 2.75) is 19.8 Å². The maximum Gasteiger partial charge on any atom is 0.301 e. The van der Waals surface area contributed by atoms with Crippen LogP contribution in [0, 0.1) is 5.82 Å². The standard InChI is InChI=1S/C13H21BrFN3O2S/c1-3-7-16-8-4-9-18(2)21(19,20)17-11-5-6-12(14)13(15)10-11/h5-6,10,16-17H,3-4,7-9H2,1-2H3. The summed E-state index contributed by atoms with van der Waals surface area (Å²) in [6, 6.07) is 4.10. The van der Waals surface area contributed by atoms with E-state index in [1.54, 1.807) is 0 Å². The highest BCUT2D eigenvalue weighted by molar-refractivity contribution is 9.10. The van der Waals surface area contributed by atoms with Gasteiger partial charge in [0, 0.05) is 13.6 Å². The van der Waals surface area contributed by atoms with Gasteiger partial charge in [-0.1, -0.05) is 6.92 Å². The zero-order chi connectivity index (χ0) is 15.9. The molecular weight excluding hydrogens is 361 g/mol. The van der Waals surface area contributed by atoms with Gasteiger partial charge in [0.1, 0.15) is 5.82 Å². The summed E-state index contributed by atoms with van der Waals surface area (Å²) in [5, 5.41) is 3.21. The van der Waals surface area contributed by atoms with Crippen molar-refractivity contribution in [3.8, 4) is 0 Å². The smallest absolute Gasteiger partial charge is 0.301 e. The average molecular weight is 382 g/mol. The molecule has 1 aromatic rings. The molecule has 1 aromatic carbocycles. The molecule has 0 heterocycles. The zero-order valence-corrected chi connectivity index (χ0v) is 14.6. The zero-order valence-electron chi connectivity index (χ0n) is 12.2. The number of rotatable bonds is 9. The molecule has 0 radical (unpaired) electrons. The normalized spacial score (nSPS) is 11.9. The lowest BCUT2D eigenvalue weighted by Gasteiger charge is -2.18. The van der Waals surface area contributed by atoms with Crippen LogP contribution >= 0.6 is 15.9 Å². The third kappa shape index (κ3) is 6.29. The van der Waals surface area contributed by atoms with Crippen molar-refractivity contribution < 1.29 is 12.8 Å². The molecule has 2 N–H and O–H groups in total. The van der Waals surface area contributed by atoms with Gasteiger partial charge in [-0.3, -0.25) is 4.72 Å². The summed E-state index contributed by atoms with van der Waals surface area (Å²) in [6.45, 7) is 4.16. The molecule has 5 nitrogen and oxygen atoms in total. The van der Waals surface area contributed by atoms with Crippen molar-refractivity contribution in [2.75, 3.05) is 31.4 Å². The second-order valence-corrected chi connectivity index (χ2v) is 7.29. The first-order chi connectivity index (χ1) is 9.86. The number of benzene rings is 1. The molecule has 0 bridgehead atoms. The van der Waals surface area contributed by atoms with Gasteiger partial charge in [0.25, 0.3) is 0 Å². The van der Waals surface area contributed by atoms with Crippen molar-refractivity contribution >= 4 is 31.8 Å². The Bertz CT molecular complexity index is 554. The predicted molar refractivity (Wildman–Crippen MR) is 87.1 cm³/mol. The molecule has 1 rings (SSSR count). The van der Waals surface area contributed by atoms with Gasteiger partial charge in [0.15, 0.2) is 0 Å². The van der Waals surface area contributed by atoms with Crippen LogP contribution in [0.2, 0.25) is 0 Å². The van der Waals surface area contributed by atoms with Gasteiger partial charge in [-0.2, -0.15) is 12.7 Å². The summed E-state index contributed by atoms with van der Waals surface area (Å²) < 4.78 is 41.4. The van der Waals surface area contributed by atoms with E-state index in [4.69, 9.17) is 0 Å². The highest BCUT2D eigenvalue weighted by Crippen LogP contribution is 2.20. The van der Waals surface area contributed by atoms with E-state index in [1.807, 2.05) is 0 Å². The average Bonchev–Trinajstić information content (AvgIpc) is 2.42. The quantitative estimate of drug-likeness (QED) is 0.646. The van der Waals surface area contributed by atoms with Gasteiger partial charge in [0.2, 0.25) is 0 Å². The van der Waals surface area contributed by atoms with Crippen LogP contribution in [0.1, 0.15) is 19.8 Å². The fourth-order valence-corrected chi connectivity index (χ4v) is 2.83. The number of halogens is 2. The molecule has 0 aliphatic heterocycles. The van der Waals surface area contributed by atoms with E-state index in [9.17, 15) is 12.8 Å². The second-order valence-electron chi connectivity index (χ2n) is 4.66. The Kier molecular flexibility index (Phi) is 7.58. The van der Waals surface area contributed by atoms with Crippen molar-refractivity contribution in [3.63, 3.8) is 0 Å². The van der Waals surface area contributed by atoms with Crippen LogP contribution in [0.25, 0.3) is 0 Å². The SMILES string of the molecule is CCCNCCCN(C)S(=O)(=O)Nc1ccc(Br)c(F)c1. The van der Waals surface area contributed by atoms with Crippen molar-refractivity contribution in [3.05, 3.63) is 28.5 Å². The van der Waals surface area contributed by atoms with Crippen LogP contribution in [-0.4, -0.2) is 39.4 Å². The van der Waals surface area contributed by atoms with E-state index in [2.05, 4.69) is 32.9 Å². The first kappa shape index (κ1) is 18.3. The van der Waals surface area contributed by atoms with Crippen molar-refractivity contribution in [2.24, 2.45) is 0 Å². The monoisotopic (exact) mass is 381 g/mol. The molecule has 120 valence electrons. The summed E-state index contributed by atoms with van der Waals surface area (Å²) in [4.78, 5) is 0. The molecule has 0 aromatic heterocycles. The molecule has 0 aliphatic rings. The van der Waals surface area contributed by atoms with Crippen LogP contribution in [0.5, 0.6) is 0 Å². The van der Waals surface area contributed by atoms with Crippen molar-refractivity contribution in [1.29, 1.82) is 0 Å². The molecule has 0 saturated heterocycles. The van der Waals surface area contributed by atoms with E-state index in [0.717, 1.165) is 25.6 Å². The Morgan fingerprint density at radius 3 is 2.67 bits per heavy atom. The Balaban J connectivity index is 2.53. The van der Waals surface area contributed by atoms with E-state index < -0.39 is 16.0 Å². The lowest BCUT2D eigenvalue weighted by Crippen LogP contribution is -2.34. The predicted octanol–water partition coefficient (Wildman–Crippen LogP) is 2.57. The number of anilines is 1. The minimum absolute atomic E-state index is 0.201. The summed E-state index contributed by atoms with van der Waals surface area (Å²) in [6.07, 6.45) is 1.76. The fourth-order valence-electron chi connectivity index (χ4n) is 1.64. The summed E-state index contributed by atoms with van der Waals surface area (Å²) >= 11 is 3.02. The molecule has 0 amide bonds. The lowest BCUT2D eigenvalue weighted by atomic mass is 10.3. The topological polar surface area (TPSA) is 61.4 Å². The molecule has 8 heteroatoms. The van der Waals surface area contributed by atoms with Gasteiger partial charge in [-0.05, 0) is 60.1 Å². The Morgan fingerprint density at radius 1 is 1.33 bits per heavy atom. The van der Waals surface area contributed by atoms with E-state index in [1.165, 1.54) is 23.5 Å². The number of hydrogen-bond donors (Lipinski definition) is 2. The van der Waals surface area contributed by atoms with Crippen LogP contribution in [0.3, 0.4) is 0 Å². The minimum Gasteiger partial charge on any atom is -0.317 e. The molecule has 0 atom stereocenters. The number of hydrogen-bond acceptors (Lipinski definition) is 3. The van der Waals surface area contributed by atoms with E-state index >= 15 is 0 Å². The Labute approximate surface area is 134 Å². The first-order valence-corrected chi connectivity index (χ1v) is 9.00. The molecule has 0 spiro atoms. The van der Waals surface area contributed by atoms with Gasteiger partial charge in [0.05, 0.1) is 10.2 Å². The number of nitrogens with one attached hydrogen (secondary N) is 2.